The number of imidazole rings is 1. The number of aromatic nitrogens is 2. The number of hydrogen-bond donors (Lipinski definition) is 1. The molecular formula is C15H15N3O. The highest BCUT2D eigenvalue weighted by Gasteiger charge is 2.10. The summed E-state index contributed by atoms with van der Waals surface area (Å²) in [4.78, 5) is 4.62. The number of rotatable bonds is 2. The predicted octanol–water partition coefficient (Wildman–Crippen LogP) is 2.90. The minimum Gasteiger partial charge on any atom is -0.497 e. The van der Waals surface area contributed by atoms with Gasteiger partial charge in [0.15, 0.2) is 0 Å². The van der Waals surface area contributed by atoms with Crippen molar-refractivity contribution in [3.05, 3.63) is 48.3 Å². The summed E-state index contributed by atoms with van der Waals surface area (Å²) in [6.45, 7) is 1.99. The maximum absolute atomic E-state index is 5.82. The standard InChI is InChI=1S/C15H15N3O/c1-10-14-9-12(16)7-8-18(14)15(17-10)11-3-5-13(19-2)6-4-11/h3-9H,16H2,1-2H3. The van der Waals surface area contributed by atoms with Crippen LogP contribution in [0, 0.1) is 6.92 Å². The Kier molecular flexibility index (Phi) is 2.63. The molecule has 2 N–H and O–H groups in total. The maximum Gasteiger partial charge on any atom is 0.144 e. The zero-order valence-corrected chi connectivity index (χ0v) is 10.9. The highest BCUT2D eigenvalue weighted by atomic mass is 16.5. The number of nitrogen functional groups attached to an aromatic ring is 1. The molecule has 0 aliphatic rings. The Morgan fingerprint density at radius 3 is 2.58 bits per heavy atom. The van der Waals surface area contributed by atoms with Gasteiger partial charge in [-0.05, 0) is 43.3 Å². The molecule has 3 aromatic rings. The van der Waals surface area contributed by atoms with Crippen molar-refractivity contribution in [2.75, 3.05) is 12.8 Å². The Balaban J connectivity index is 2.19. The second-order valence-corrected chi connectivity index (χ2v) is 4.46. The van der Waals surface area contributed by atoms with Gasteiger partial charge in [-0.2, -0.15) is 0 Å². The van der Waals surface area contributed by atoms with E-state index in [1.54, 1.807) is 7.11 Å². The van der Waals surface area contributed by atoms with Crippen LogP contribution in [-0.4, -0.2) is 16.5 Å². The van der Waals surface area contributed by atoms with Gasteiger partial charge in [-0.15, -0.1) is 0 Å². The lowest BCUT2D eigenvalue weighted by atomic mass is 10.2. The molecule has 0 radical (unpaired) electrons. The fourth-order valence-corrected chi connectivity index (χ4v) is 2.19. The normalized spacial score (nSPS) is 10.8. The van der Waals surface area contributed by atoms with Gasteiger partial charge in [0.05, 0.1) is 18.3 Å². The number of pyridine rings is 1. The van der Waals surface area contributed by atoms with Crippen molar-refractivity contribution in [3.8, 4) is 17.1 Å². The zero-order valence-electron chi connectivity index (χ0n) is 10.9. The molecular weight excluding hydrogens is 238 g/mol. The van der Waals surface area contributed by atoms with Crippen molar-refractivity contribution in [2.45, 2.75) is 6.92 Å². The Morgan fingerprint density at radius 2 is 1.89 bits per heavy atom. The molecule has 19 heavy (non-hydrogen) atoms. The molecule has 0 atom stereocenters. The first-order chi connectivity index (χ1) is 9.19. The molecule has 2 heterocycles. The van der Waals surface area contributed by atoms with Gasteiger partial charge >= 0.3 is 0 Å². The van der Waals surface area contributed by atoms with Crippen LogP contribution < -0.4 is 10.5 Å². The molecule has 1 aromatic carbocycles. The maximum atomic E-state index is 5.82. The largest absolute Gasteiger partial charge is 0.497 e. The number of nitrogens with two attached hydrogens (primary N) is 1. The third kappa shape index (κ3) is 1.91. The van der Waals surface area contributed by atoms with Crippen LogP contribution in [0.15, 0.2) is 42.6 Å². The molecule has 0 saturated carbocycles. The first-order valence-corrected chi connectivity index (χ1v) is 6.07. The van der Waals surface area contributed by atoms with Crippen LogP contribution in [0.25, 0.3) is 16.9 Å². The third-order valence-electron chi connectivity index (χ3n) is 3.20. The fourth-order valence-electron chi connectivity index (χ4n) is 2.19. The van der Waals surface area contributed by atoms with E-state index in [1.165, 1.54) is 0 Å². The van der Waals surface area contributed by atoms with Crippen LogP contribution in [0.5, 0.6) is 5.75 Å². The second-order valence-electron chi connectivity index (χ2n) is 4.46. The van der Waals surface area contributed by atoms with Gasteiger partial charge < -0.3 is 10.5 Å². The smallest absolute Gasteiger partial charge is 0.144 e. The number of ether oxygens (including phenoxy) is 1. The summed E-state index contributed by atoms with van der Waals surface area (Å²) in [7, 11) is 1.66. The van der Waals surface area contributed by atoms with E-state index in [2.05, 4.69) is 4.98 Å². The minimum atomic E-state index is 0.747. The van der Waals surface area contributed by atoms with E-state index in [1.807, 2.05) is 53.9 Å². The average molecular weight is 253 g/mol. The third-order valence-corrected chi connectivity index (χ3v) is 3.20. The van der Waals surface area contributed by atoms with Gasteiger partial charge in [0.25, 0.3) is 0 Å². The van der Waals surface area contributed by atoms with Crippen LogP contribution in [-0.2, 0) is 0 Å². The van der Waals surface area contributed by atoms with E-state index in [9.17, 15) is 0 Å². The fraction of sp³-hybridized carbons (Fsp3) is 0.133. The molecule has 0 fully saturated rings. The number of methoxy groups -OCH3 is 1. The van der Waals surface area contributed by atoms with E-state index >= 15 is 0 Å². The Bertz CT molecular complexity index is 729. The summed E-state index contributed by atoms with van der Waals surface area (Å²) in [5.74, 6) is 1.75. The highest BCUT2D eigenvalue weighted by molar-refractivity contribution is 5.68. The lowest BCUT2D eigenvalue weighted by molar-refractivity contribution is 0.415. The SMILES string of the molecule is COc1ccc(-c2nc(C)c3cc(N)ccn23)cc1. The summed E-state index contributed by atoms with van der Waals surface area (Å²) < 4.78 is 7.22. The summed E-state index contributed by atoms with van der Waals surface area (Å²) in [5, 5.41) is 0. The topological polar surface area (TPSA) is 52.5 Å². The number of aryl methyl sites for hydroxylation is 1. The van der Waals surface area contributed by atoms with Crippen molar-refractivity contribution in [1.29, 1.82) is 0 Å². The van der Waals surface area contributed by atoms with E-state index in [0.717, 1.165) is 34.0 Å². The molecule has 0 unspecified atom stereocenters. The number of fused-ring (bicyclic) bond motifs is 1. The molecule has 2 aromatic heterocycles. The summed E-state index contributed by atoms with van der Waals surface area (Å²) in [5.41, 5.74) is 9.62. The molecule has 96 valence electrons. The van der Waals surface area contributed by atoms with E-state index < -0.39 is 0 Å². The van der Waals surface area contributed by atoms with Crippen molar-refractivity contribution >= 4 is 11.2 Å². The number of hydrogen-bond acceptors (Lipinski definition) is 3. The van der Waals surface area contributed by atoms with Crippen molar-refractivity contribution < 1.29 is 4.74 Å². The zero-order chi connectivity index (χ0) is 13.4. The molecule has 0 saturated heterocycles. The Labute approximate surface area is 111 Å². The van der Waals surface area contributed by atoms with Crippen molar-refractivity contribution in [3.63, 3.8) is 0 Å². The lowest BCUT2D eigenvalue weighted by Gasteiger charge is -2.03. The Hall–Kier alpha value is -2.49. The molecule has 0 bridgehead atoms. The van der Waals surface area contributed by atoms with Crippen LogP contribution in [0.1, 0.15) is 5.69 Å². The van der Waals surface area contributed by atoms with Crippen LogP contribution in [0.4, 0.5) is 5.69 Å². The van der Waals surface area contributed by atoms with E-state index in [-0.39, 0.29) is 0 Å². The first kappa shape index (κ1) is 11.6. The summed E-state index contributed by atoms with van der Waals surface area (Å²) in [6, 6.07) is 11.7. The quantitative estimate of drug-likeness (QED) is 0.764. The minimum absolute atomic E-state index is 0.747. The number of anilines is 1. The molecule has 3 rings (SSSR count). The van der Waals surface area contributed by atoms with Crippen LogP contribution >= 0.6 is 0 Å². The van der Waals surface area contributed by atoms with E-state index in [4.69, 9.17) is 10.5 Å². The molecule has 0 aliphatic heterocycles. The molecule has 4 heteroatoms. The van der Waals surface area contributed by atoms with Crippen LogP contribution in [0.2, 0.25) is 0 Å². The van der Waals surface area contributed by atoms with Gasteiger partial charge in [0.1, 0.15) is 11.6 Å². The first-order valence-electron chi connectivity index (χ1n) is 6.07. The Morgan fingerprint density at radius 1 is 1.16 bits per heavy atom. The molecule has 0 amide bonds. The predicted molar refractivity (Wildman–Crippen MR) is 76.3 cm³/mol. The molecule has 4 nitrogen and oxygen atoms in total. The summed E-state index contributed by atoms with van der Waals surface area (Å²) in [6.07, 6.45) is 1.95. The van der Waals surface area contributed by atoms with Crippen LogP contribution in [0.3, 0.4) is 0 Å². The molecule has 0 aliphatic carbocycles. The number of nitrogens with zero attached hydrogens (tertiary/aromatic N) is 2. The average Bonchev–Trinajstić information content (AvgIpc) is 2.76. The van der Waals surface area contributed by atoms with Crippen molar-refractivity contribution in [1.82, 2.24) is 9.38 Å². The molecule has 0 spiro atoms. The summed E-state index contributed by atoms with van der Waals surface area (Å²) >= 11 is 0. The number of benzene rings is 1. The van der Waals surface area contributed by atoms with Gasteiger partial charge in [0, 0.05) is 17.4 Å². The highest BCUT2D eigenvalue weighted by Crippen LogP contribution is 2.25. The van der Waals surface area contributed by atoms with Gasteiger partial charge in [-0.3, -0.25) is 4.40 Å². The monoisotopic (exact) mass is 253 g/mol. The van der Waals surface area contributed by atoms with Gasteiger partial charge in [-0.25, -0.2) is 4.98 Å². The van der Waals surface area contributed by atoms with Crippen molar-refractivity contribution in [2.24, 2.45) is 0 Å². The van der Waals surface area contributed by atoms with Gasteiger partial charge in [-0.1, -0.05) is 0 Å². The lowest BCUT2D eigenvalue weighted by Crippen LogP contribution is -1.91. The van der Waals surface area contributed by atoms with E-state index in [0.29, 0.717) is 0 Å². The second kappa shape index (κ2) is 4.31. The van der Waals surface area contributed by atoms with Gasteiger partial charge in [0.2, 0.25) is 0 Å².